The Morgan fingerprint density at radius 2 is 0.968 bits per heavy atom. The Labute approximate surface area is 177 Å². The van der Waals surface area contributed by atoms with E-state index in [0.29, 0.717) is 0 Å². The second kappa shape index (κ2) is 8.44. The zero-order valence-electron chi connectivity index (χ0n) is 16.5. The van der Waals surface area contributed by atoms with Crippen molar-refractivity contribution < 1.29 is 30.9 Å². The summed E-state index contributed by atoms with van der Waals surface area (Å²) in [5, 5.41) is -0.0282. The number of halogens is 6. The highest BCUT2D eigenvalue weighted by molar-refractivity contribution is 7.82. The van der Waals surface area contributed by atoms with Crippen LogP contribution in [-0.4, -0.2) is 13.3 Å². The van der Waals surface area contributed by atoms with Gasteiger partial charge in [-0.3, -0.25) is 0 Å². The Bertz CT molecular complexity index is 1070. The van der Waals surface area contributed by atoms with Gasteiger partial charge in [-0.15, -0.1) is 0 Å². The molecule has 0 spiro atoms. The Morgan fingerprint density at radius 1 is 0.613 bits per heavy atom. The molecule has 0 N–H and O–H groups in total. The highest BCUT2D eigenvalue weighted by atomic mass is 31.2. The van der Waals surface area contributed by atoms with Gasteiger partial charge in [0, 0.05) is 5.30 Å². The number of benzene rings is 3. The maximum Gasteiger partial charge on any atom is 0.417 e. The third-order valence-corrected chi connectivity index (χ3v) is 8.95. The van der Waals surface area contributed by atoms with Crippen molar-refractivity contribution in [2.45, 2.75) is 12.4 Å². The first-order valence-corrected chi connectivity index (χ1v) is 13.0. The fraction of sp³-hybridized carbons (Fsp3) is 0.182. The molecule has 3 rings (SSSR count). The molecule has 0 amide bonds. The van der Waals surface area contributed by atoms with Crippen molar-refractivity contribution in [3.05, 3.63) is 83.9 Å². The summed E-state index contributed by atoms with van der Waals surface area (Å²) in [6, 6.07) is 15.4. The van der Waals surface area contributed by atoms with E-state index in [1.807, 2.05) is 0 Å². The van der Waals surface area contributed by atoms with Gasteiger partial charge in [0.1, 0.15) is 7.14 Å². The maximum absolute atomic E-state index is 13.8. The van der Waals surface area contributed by atoms with Gasteiger partial charge in [-0.2, -0.15) is 26.3 Å². The number of alkyl halides is 6. The average molecular weight is 474 g/mol. The molecule has 0 radical (unpaired) electrons. The van der Waals surface area contributed by atoms with Gasteiger partial charge in [0.2, 0.25) is 0 Å². The predicted molar refractivity (Wildman–Crippen MR) is 114 cm³/mol. The molecule has 0 aliphatic carbocycles. The number of hydrogen-bond acceptors (Lipinski definition) is 1. The van der Waals surface area contributed by atoms with E-state index in [4.69, 9.17) is 0 Å². The SMILES string of the molecule is CP(C)(=O)c1ccccc1P(c1ccccc1C(F)(F)F)c1ccccc1C(F)(F)F. The van der Waals surface area contributed by atoms with Gasteiger partial charge in [0.05, 0.1) is 11.1 Å². The molecule has 0 atom stereocenters. The monoisotopic (exact) mass is 474 g/mol. The van der Waals surface area contributed by atoms with E-state index < -0.39 is 38.5 Å². The third-order valence-electron chi connectivity index (χ3n) is 4.60. The van der Waals surface area contributed by atoms with Crippen LogP contribution in [0.15, 0.2) is 72.8 Å². The highest BCUT2D eigenvalue weighted by Gasteiger charge is 2.40. The van der Waals surface area contributed by atoms with E-state index in [0.717, 1.165) is 12.1 Å². The zero-order chi connectivity index (χ0) is 23.0. The summed E-state index contributed by atoms with van der Waals surface area (Å²) in [5.74, 6) is 0. The molecule has 0 fully saturated rings. The summed E-state index contributed by atoms with van der Waals surface area (Å²) >= 11 is 0. The van der Waals surface area contributed by atoms with Crippen LogP contribution in [0.3, 0.4) is 0 Å². The largest absolute Gasteiger partial charge is 0.417 e. The molecule has 0 aromatic heterocycles. The van der Waals surface area contributed by atoms with Gasteiger partial charge in [-0.25, -0.2) is 0 Å². The summed E-state index contributed by atoms with van der Waals surface area (Å²) in [7, 11) is -5.32. The van der Waals surface area contributed by atoms with Gasteiger partial charge in [0.15, 0.2) is 0 Å². The van der Waals surface area contributed by atoms with Crippen LogP contribution in [0.25, 0.3) is 0 Å². The molecule has 0 heterocycles. The molecule has 0 unspecified atom stereocenters. The van der Waals surface area contributed by atoms with Crippen molar-refractivity contribution in [3.63, 3.8) is 0 Å². The van der Waals surface area contributed by atoms with Crippen LogP contribution in [-0.2, 0) is 16.9 Å². The lowest BCUT2D eigenvalue weighted by Crippen LogP contribution is -2.35. The van der Waals surface area contributed by atoms with Crippen LogP contribution in [0.4, 0.5) is 26.3 Å². The first-order chi connectivity index (χ1) is 14.3. The van der Waals surface area contributed by atoms with Crippen LogP contribution in [0, 0.1) is 0 Å². The fourth-order valence-electron chi connectivity index (χ4n) is 3.31. The van der Waals surface area contributed by atoms with Crippen molar-refractivity contribution in [1.29, 1.82) is 0 Å². The molecule has 0 saturated carbocycles. The van der Waals surface area contributed by atoms with Crippen LogP contribution in [0.5, 0.6) is 0 Å². The van der Waals surface area contributed by atoms with Gasteiger partial charge in [0.25, 0.3) is 0 Å². The lowest BCUT2D eigenvalue weighted by Gasteiger charge is -2.28. The van der Waals surface area contributed by atoms with E-state index >= 15 is 0 Å². The molecule has 9 heteroatoms. The van der Waals surface area contributed by atoms with Crippen molar-refractivity contribution in [1.82, 2.24) is 0 Å². The van der Waals surface area contributed by atoms with Crippen molar-refractivity contribution in [2.24, 2.45) is 0 Å². The fourth-order valence-corrected chi connectivity index (χ4v) is 8.08. The molecule has 0 aliphatic rings. The summed E-state index contributed by atoms with van der Waals surface area (Å²) in [6.45, 7) is 2.90. The quantitative estimate of drug-likeness (QED) is 0.349. The molecule has 1 nitrogen and oxygen atoms in total. The van der Waals surface area contributed by atoms with E-state index in [1.54, 1.807) is 6.07 Å². The topological polar surface area (TPSA) is 17.1 Å². The lowest BCUT2D eigenvalue weighted by atomic mass is 10.2. The average Bonchev–Trinajstić information content (AvgIpc) is 2.67. The Hall–Kier alpha value is -2.10. The van der Waals surface area contributed by atoms with Crippen LogP contribution in [0.2, 0.25) is 0 Å². The number of hydrogen-bond donors (Lipinski definition) is 0. The summed E-state index contributed by atoms with van der Waals surface area (Å²) in [5.41, 5.74) is -2.01. The number of rotatable bonds is 4. The minimum atomic E-state index is -4.76. The zero-order valence-corrected chi connectivity index (χ0v) is 18.3. The summed E-state index contributed by atoms with van der Waals surface area (Å²) in [6.07, 6.45) is -9.52. The van der Waals surface area contributed by atoms with Crippen LogP contribution in [0.1, 0.15) is 11.1 Å². The van der Waals surface area contributed by atoms with Gasteiger partial charge in [-0.1, -0.05) is 60.7 Å². The molecule has 0 aliphatic heterocycles. The molecule has 0 saturated heterocycles. The molecule has 3 aromatic rings. The molecule has 31 heavy (non-hydrogen) atoms. The van der Waals surface area contributed by atoms with Gasteiger partial charge in [-0.05, 0) is 49.3 Å². The van der Waals surface area contributed by atoms with E-state index in [2.05, 4.69) is 0 Å². The van der Waals surface area contributed by atoms with Crippen molar-refractivity contribution in [3.8, 4) is 0 Å². The summed E-state index contributed by atoms with van der Waals surface area (Å²) < 4.78 is 96.0. The smallest absolute Gasteiger partial charge is 0.319 e. The second-order valence-corrected chi connectivity index (χ2v) is 12.5. The highest BCUT2D eigenvalue weighted by Crippen LogP contribution is 2.45. The first-order valence-electron chi connectivity index (χ1n) is 9.09. The van der Waals surface area contributed by atoms with Crippen LogP contribution >= 0.6 is 15.1 Å². The van der Waals surface area contributed by atoms with Crippen molar-refractivity contribution >= 4 is 36.3 Å². The minimum Gasteiger partial charge on any atom is -0.319 e. The lowest BCUT2D eigenvalue weighted by molar-refractivity contribution is -0.137. The molecule has 164 valence electrons. The summed E-state index contributed by atoms with van der Waals surface area (Å²) in [4.78, 5) is 0. The van der Waals surface area contributed by atoms with Gasteiger partial charge >= 0.3 is 12.4 Å². The minimum absolute atomic E-state index is 0.222. The first kappa shape index (κ1) is 23.6. The molecular weight excluding hydrogens is 456 g/mol. The predicted octanol–water partition coefficient (Wildman–Crippen LogP) is 5.73. The van der Waals surface area contributed by atoms with E-state index in [1.165, 1.54) is 67.9 Å². The van der Waals surface area contributed by atoms with Crippen LogP contribution < -0.4 is 21.2 Å². The Balaban J connectivity index is 2.45. The van der Waals surface area contributed by atoms with Crippen molar-refractivity contribution in [2.75, 3.05) is 13.3 Å². The second-order valence-electron chi connectivity index (χ2n) is 7.20. The Morgan fingerprint density at radius 3 is 1.35 bits per heavy atom. The Kier molecular flexibility index (Phi) is 6.42. The van der Waals surface area contributed by atoms with E-state index in [-0.39, 0.29) is 21.2 Å². The standard InChI is InChI=1S/C22H18F6OP2/c1-31(2,29)20-14-8-7-13-19(20)30(17-11-5-3-9-15(17)21(23,24)25)18-12-6-4-10-16(18)22(26,27)28/h3-14H,1-2H3. The molecular formula is C22H18F6OP2. The van der Waals surface area contributed by atoms with Gasteiger partial charge < -0.3 is 4.57 Å². The molecule has 3 aromatic carbocycles. The molecule has 0 bridgehead atoms. The third kappa shape index (κ3) is 5.05. The van der Waals surface area contributed by atoms with E-state index in [9.17, 15) is 30.9 Å². The normalized spacial score (nSPS) is 12.9. The maximum atomic E-state index is 13.8.